The van der Waals surface area contributed by atoms with Gasteiger partial charge in [-0.05, 0) is 24.6 Å². The van der Waals surface area contributed by atoms with E-state index >= 15 is 0 Å². The molecule has 0 aliphatic rings. The van der Waals surface area contributed by atoms with Gasteiger partial charge in [-0.2, -0.15) is 4.31 Å². The fraction of sp³-hybridized carbons (Fsp3) is 0.263. The second kappa shape index (κ2) is 8.79. The maximum absolute atomic E-state index is 12.4. The quantitative estimate of drug-likeness (QED) is 0.732. The summed E-state index contributed by atoms with van der Waals surface area (Å²) in [5, 5.41) is 2.58. The van der Waals surface area contributed by atoms with Gasteiger partial charge in [-0.25, -0.2) is 13.2 Å². The minimum Gasteiger partial charge on any atom is -0.465 e. The number of aryl methyl sites for hydroxylation is 1. The molecule has 0 aliphatic carbocycles. The van der Waals surface area contributed by atoms with E-state index in [1.165, 1.54) is 13.2 Å². The van der Waals surface area contributed by atoms with Crippen LogP contribution in [0.3, 0.4) is 0 Å². The number of ether oxygens (including phenoxy) is 1. The molecule has 0 atom stereocenters. The van der Waals surface area contributed by atoms with Crippen LogP contribution in [-0.2, 0) is 26.1 Å². The highest BCUT2D eigenvalue weighted by molar-refractivity contribution is 7.88. The van der Waals surface area contributed by atoms with Gasteiger partial charge in [0.2, 0.25) is 15.9 Å². The summed E-state index contributed by atoms with van der Waals surface area (Å²) in [5.41, 5.74) is 2.23. The average Bonchev–Trinajstić information content (AvgIpc) is 2.60. The molecule has 0 aliphatic heterocycles. The topological polar surface area (TPSA) is 92.8 Å². The maximum Gasteiger partial charge on any atom is 0.339 e. The number of carbonyl (C=O) groups is 2. The van der Waals surface area contributed by atoms with Crippen molar-refractivity contribution in [2.24, 2.45) is 0 Å². The van der Waals surface area contributed by atoms with E-state index in [4.69, 9.17) is 0 Å². The van der Waals surface area contributed by atoms with Crippen molar-refractivity contribution < 1.29 is 22.7 Å². The first-order valence-electron chi connectivity index (χ1n) is 8.18. The molecule has 2 aromatic rings. The largest absolute Gasteiger partial charge is 0.465 e. The van der Waals surface area contributed by atoms with Gasteiger partial charge in [-0.1, -0.05) is 42.0 Å². The Labute approximate surface area is 159 Å². The molecular formula is C19H22N2O5S. The number of methoxy groups -OCH3 is 1. The van der Waals surface area contributed by atoms with Crippen LogP contribution in [0.15, 0.2) is 48.5 Å². The minimum absolute atomic E-state index is 0.0760. The number of amides is 1. The summed E-state index contributed by atoms with van der Waals surface area (Å²) in [7, 11) is -2.37. The summed E-state index contributed by atoms with van der Waals surface area (Å²) in [4.78, 5) is 24.2. The molecule has 1 amide bonds. The number of nitrogens with one attached hydrogen (secondary N) is 1. The first-order valence-corrected chi connectivity index (χ1v) is 10.0. The van der Waals surface area contributed by atoms with Crippen LogP contribution in [0, 0.1) is 6.92 Å². The third-order valence-electron chi connectivity index (χ3n) is 3.84. The van der Waals surface area contributed by atoms with Crippen LogP contribution in [0.1, 0.15) is 21.5 Å². The second-order valence-corrected chi connectivity index (χ2v) is 8.09. The third-order valence-corrected chi connectivity index (χ3v) is 5.03. The summed E-state index contributed by atoms with van der Waals surface area (Å²) in [6, 6.07) is 13.8. The number of anilines is 1. The van der Waals surface area contributed by atoms with Crippen LogP contribution in [0.2, 0.25) is 0 Å². The Balaban J connectivity index is 2.17. The van der Waals surface area contributed by atoms with Crippen molar-refractivity contribution >= 4 is 27.6 Å². The van der Waals surface area contributed by atoms with E-state index in [-0.39, 0.29) is 24.3 Å². The molecule has 0 bridgehead atoms. The van der Waals surface area contributed by atoms with Crippen molar-refractivity contribution in [3.05, 3.63) is 65.2 Å². The van der Waals surface area contributed by atoms with Crippen molar-refractivity contribution in [2.75, 3.05) is 25.2 Å². The highest BCUT2D eigenvalue weighted by atomic mass is 32.2. The Morgan fingerprint density at radius 2 is 1.81 bits per heavy atom. The Morgan fingerprint density at radius 3 is 2.44 bits per heavy atom. The number of rotatable bonds is 7. The number of hydrogen-bond donors (Lipinski definition) is 1. The molecule has 8 heteroatoms. The van der Waals surface area contributed by atoms with Crippen molar-refractivity contribution in [2.45, 2.75) is 13.5 Å². The van der Waals surface area contributed by atoms with Crippen LogP contribution >= 0.6 is 0 Å². The molecular weight excluding hydrogens is 368 g/mol. The molecule has 0 fully saturated rings. The fourth-order valence-corrected chi connectivity index (χ4v) is 3.27. The number of carbonyl (C=O) groups excluding carboxylic acids is 2. The summed E-state index contributed by atoms with van der Waals surface area (Å²) in [6.07, 6.45) is 1.05. The molecule has 2 rings (SSSR count). The van der Waals surface area contributed by atoms with Gasteiger partial charge in [0.1, 0.15) is 0 Å². The van der Waals surface area contributed by atoms with Gasteiger partial charge in [0, 0.05) is 6.54 Å². The van der Waals surface area contributed by atoms with Crippen molar-refractivity contribution in [1.29, 1.82) is 0 Å². The van der Waals surface area contributed by atoms with Gasteiger partial charge in [0.25, 0.3) is 0 Å². The lowest BCUT2D eigenvalue weighted by Crippen LogP contribution is -2.37. The number of esters is 1. The molecule has 0 saturated heterocycles. The second-order valence-electron chi connectivity index (χ2n) is 6.11. The van der Waals surface area contributed by atoms with Crippen LogP contribution in [-0.4, -0.2) is 44.5 Å². The lowest BCUT2D eigenvalue weighted by Gasteiger charge is -2.20. The number of sulfonamides is 1. The Kier molecular flexibility index (Phi) is 6.70. The standard InChI is InChI=1S/C19H22N2O5S/c1-14-7-6-8-15(11-14)12-21(27(3,24)25)13-18(22)20-17-10-5-4-9-16(17)19(23)26-2/h4-11H,12-13H2,1-3H3,(H,20,22). The Bertz CT molecular complexity index is 941. The number of hydrogen-bond acceptors (Lipinski definition) is 5. The zero-order chi connectivity index (χ0) is 20.0. The molecule has 0 spiro atoms. The first kappa shape index (κ1) is 20.6. The zero-order valence-electron chi connectivity index (χ0n) is 15.4. The maximum atomic E-state index is 12.4. The van der Waals surface area contributed by atoms with E-state index in [9.17, 15) is 18.0 Å². The molecule has 2 aromatic carbocycles. The number of para-hydroxylation sites is 1. The Morgan fingerprint density at radius 1 is 1.11 bits per heavy atom. The van der Waals surface area contributed by atoms with E-state index in [1.54, 1.807) is 24.3 Å². The average molecular weight is 390 g/mol. The van der Waals surface area contributed by atoms with E-state index in [0.29, 0.717) is 0 Å². The molecule has 0 saturated carbocycles. The van der Waals surface area contributed by atoms with Gasteiger partial charge in [0.15, 0.2) is 0 Å². The number of nitrogens with zero attached hydrogens (tertiary/aromatic N) is 1. The molecule has 27 heavy (non-hydrogen) atoms. The monoisotopic (exact) mass is 390 g/mol. The summed E-state index contributed by atoms with van der Waals surface area (Å²) in [6.45, 7) is 1.61. The Hall–Kier alpha value is -2.71. The smallest absolute Gasteiger partial charge is 0.339 e. The van der Waals surface area contributed by atoms with Gasteiger partial charge < -0.3 is 10.1 Å². The van der Waals surface area contributed by atoms with Crippen molar-refractivity contribution in [3.8, 4) is 0 Å². The fourth-order valence-electron chi connectivity index (χ4n) is 2.53. The lowest BCUT2D eigenvalue weighted by molar-refractivity contribution is -0.116. The molecule has 144 valence electrons. The van der Waals surface area contributed by atoms with Gasteiger partial charge in [-0.15, -0.1) is 0 Å². The van der Waals surface area contributed by atoms with E-state index in [2.05, 4.69) is 10.1 Å². The first-order chi connectivity index (χ1) is 12.7. The molecule has 7 nitrogen and oxygen atoms in total. The predicted molar refractivity (Wildman–Crippen MR) is 103 cm³/mol. The van der Waals surface area contributed by atoms with E-state index in [1.807, 2.05) is 25.1 Å². The summed E-state index contributed by atoms with van der Waals surface area (Å²) >= 11 is 0. The third kappa shape index (κ3) is 5.90. The summed E-state index contributed by atoms with van der Waals surface area (Å²) < 4.78 is 30.0. The highest BCUT2D eigenvalue weighted by Gasteiger charge is 2.22. The van der Waals surface area contributed by atoms with Crippen LogP contribution in [0.4, 0.5) is 5.69 Å². The van der Waals surface area contributed by atoms with E-state index in [0.717, 1.165) is 21.7 Å². The molecule has 1 N–H and O–H groups in total. The predicted octanol–water partition coefficient (Wildman–Crippen LogP) is 2.18. The van der Waals surface area contributed by atoms with Crippen LogP contribution in [0.5, 0.6) is 0 Å². The van der Waals surface area contributed by atoms with Gasteiger partial charge in [-0.3, -0.25) is 4.79 Å². The van der Waals surface area contributed by atoms with Crippen molar-refractivity contribution in [1.82, 2.24) is 4.31 Å². The molecule has 0 unspecified atom stereocenters. The minimum atomic E-state index is -3.61. The van der Waals surface area contributed by atoms with E-state index < -0.39 is 21.9 Å². The molecule has 0 radical (unpaired) electrons. The molecule has 0 heterocycles. The highest BCUT2D eigenvalue weighted by Crippen LogP contribution is 2.17. The van der Waals surface area contributed by atoms with Gasteiger partial charge in [0.05, 0.1) is 31.2 Å². The van der Waals surface area contributed by atoms with Crippen molar-refractivity contribution in [3.63, 3.8) is 0 Å². The van der Waals surface area contributed by atoms with Crippen LogP contribution in [0.25, 0.3) is 0 Å². The van der Waals surface area contributed by atoms with Crippen LogP contribution < -0.4 is 5.32 Å². The zero-order valence-corrected chi connectivity index (χ0v) is 16.2. The SMILES string of the molecule is COC(=O)c1ccccc1NC(=O)CN(Cc1cccc(C)c1)S(C)(=O)=O. The van der Waals surface area contributed by atoms with Gasteiger partial charge >= 0.3 is 5.97 Å². The number of benzene rings is 2. The summed E-state index contributed by atoms with van der Waals surface area (Å²) in [5.74, 6) is -1.14. The normalized spacial score (nSPS) is 11.3. The molecule has 0 aromatic heterocycles. The lowest BCUT2D eigenvalue weighted by atomic mass is 10.1.